The van der Waals surface area contributed by atoms with Gasteiger partial charge in [-0.2, -0.15) is 5.10 Å². The monoisotopic (exact) mass is 326 g/mol. The van der Waals surface area contributed by atoms with E-state index in [2.05, 4.69) is 10.5 Å². The Hall–Kier alpha value is -2.56. The molecule has 3 rings (SSSR count). The molecular formula is C19H22N2O3. The average Bonchev–Trinajstić information content (AvgIpc) is 2.91. The summed E-state index contributed by atoms with van der Waals surface area (Å²) in [4.78, 5) is 12.2. The zero-order valence-corrected chi connectivity index (χ0v) is 14.3. The van der Waals surface area contributed by atoms with E-state index < -0.39 is 5.97 Å². The molecule has 1 heterocycles. The van der Waals surface area contributed by atoms with Crippen molar-refractivity contribution in [3.05, 3.63) is 53.0 Å². The summed E-state index contributed by atoms with van der Waals surface area (Å²) >= 11 is 0. The number of fused-ring (bicyclic) bond motifs is 1. The van der Waals surface area contributed by atoms with E-state index in [1.165, 1.54) is 0 Å². The number of rotatable bonds is 4. The molecule has 0 aliphatic heterocycles. The van der Waals surface area contributed by atoms with Gasteiger partial charge in [-0.3, -0.25) is 5.43 Å². The van der Waals surface area contributed by atoms with Gasteiger partial charge in [0.2, 0.25) is 5.76 Å². The molecule has 1 aliphatic rings. The summed E-state index contributed by atoms with van der Waals surface area (Å²) in [6.45, 7) is 5.54. The molecule has 0 saturated heterocycles. The van der Waals surface area contributed by atoms with Crippen molar-refractivity contribution in [3.8, 4) is 0 Å². The molecule has 2 aromatic rings. The number of anilines is 1. The van der Waals surface area contributed by atoms with Gasteiger partial charge >= 0.3 is 5.97 Å². The van der Waals surface area contributed by atoms with Crippen molar-refractivity contribution in [2.45, 2.75) is 46.1 Å². The largest absolute Gasteiger partial charge is 0.457 e. The van der Waals surface area contributed by atoms with Gasteiger partial charge in [-0.05, 0) is 45.7 Å². The number of nitrogens with one attached hydrogen (secondary N) is 1. The second kappa shape index (κ2) is 6.91. The zero-order valence-electron chi connectivity index (χ0n) is 14.3. The molecule has 0 bridgehead atoms. The lowest BCUT2D eigenvalue weighted by molar-refractivity contribution is 0.0338. The molecule has 0 radical (unpaired) electrons. The number of nitrogens with zero attached hydrogens (tertiary/aromatic N) is 1. The number of aryl methyl sites for hydroxylation is 1. The van der Waals surface area contributed by atoms with Gasteiger partial charge in [0.05, 0.1) is 17.5 Å². The normalized spacial score (nSPS) is 15.4. The van der Waals surface area contributed by atoms with E-state index in [-0.39, 0.29) is 6.10 Å². The molecule has 1 aromatic carbocycles. The SMILES string of the molecule is Cc1c(C(=O)OC(C)C)oc2c1/C(=N/Nc1ccccc1)CCC2. The number of hydrogen-bond donors (Lipinski definition) is 1. The summed E-state index contributed by atoms with van der Waals surface area (Å²) in [7, 11) is 0. The first-order valence-corrected chi connectivity index (χ1v) is 8.27. The summed E-state index contributed by atoms with van der Waals surface area (Å²) in [5.74, 6) is 0.707. The number of carbonyl (C=O) groups excluding carboxylic acids is 1. The number of benzene rings is 1. The van der Waals surface area contributed by atoms with Crippen LogP contribution in [0.1, 0.15) is 54.1 Å². The van der Waals surface area contributed by atoms with E-state index in [0.29, 0.717) is 5.76 Å². The van der Waals surface area contributed by atoms with Crippen LogP contribution < -0.4 is 5.43 Å². The Labute approximate surface area is 141 Å². The van der Waals surface area contributed by atoms with Crippen LogP contribution >= 0.6 is 0 Å². The topological polar surface area (TPSA) is 63.8 Å². The summed E-state index contributed by atoms with van der Waals surface area (Å²) in [5.41, 5.74) is 6.69. The maximum atomic E-state index is 12.2. The number of esters is 1. The fourth-order valence-electron chi connectivity index (χ4n) is 2.89. The minimum atomic E-state index is -0.410. The standard InChI is InChI=1S/C19H22N2O3/c1-12(2)23-19(22)18-13(3)17-15(10-7-11-16(17)24-18)21-20-14-8-5-4-6-9-14/h4-6,8-9,12,20H,7,10-11H2,1-3H3/b21-15+. The predicted molar refractivity (Wildman–Crippen MR) is 93.5 cm³/mol. The molecule has 0 saturated carbocycles. The lowest BCUT2D eigenvalue weighted by Crippen LogP contribution is -2.14. The van der Waals surface area contributed by atoms with E-state index in [0.717, 1.165) is 47.5 Å². The van der Waals surface area contributed by atoms with Crippen LogP contribution in [0.3, 0.4) is 0 Å². The third kappa shape index (κ3) is 3.35. The fourth-order valence-corrected chi connectivity index (χ4v) is 2.89. The fraction of sp³-hybridized carbons (Fsp3) is 0.368. The number of ether oxygens (including phenoxy) is 1. The highest BCUT2D eigenvalue weighted by Gasteiger charge is 2.28. The Morgan fingerprint density at radius 2 is 2.00 bits per heavy atom. The van der Waals surface area contributed by atoms with Crippen LogP contribution in [0.15, 0.2) is 39.9 Å². The van der Waals surface area contributed by atoms with Crippen LogP contribution in [0.2, 0.25) is 0 Å². The minimum Gasteiger partial charge on any atom is -0.457 e. The molecule has 126 valence electrons. The Bertz CT molecular complexity index is 760. The van der Waals surface area contributed by atoms with Gasteiger partial charge in [0.1, 0.15) is 5.76 Å². The lowest BCUT2D eigenvalue weighted by atomic mass is 9.93. The van der Waals surface area contributed by atoms with Gasteiger partial charge in [-0.25, -0.2) is 4.79 Å². The number of carbonyl (C=O) groups is 1. The third-order valence-corrected chi connectivity index (χ3v) is 3.95. The highest BCUT2D eigenvalue weighted by Crippen LogP contribution is 2.30. The number of para-hydroxylation sites is 1. The molecule has 0 spiro atoms. The molecule has 5 heteroatoms. The summed E-state index contributed by atoms with van der Waals surface area (Å²) in [5, 5.41) is 4.54. The number of hydrazone groups is 1. The highest BCUT2D eigenvalue weighted by molar-refractivity contribution is 6.06. The van der Waals surface area contributed by atoms with E-state index in [1.807, 2.05) is 51.1 Å². The van der Waals surface area contributed by atoms with E-state index in [9.17, 15) is 4.79 Å². The van der Waals surface area contributed by atoms with Crippen LogP contribution in [0.5, 0.6) is 0 Å². The molecule has 24 heavy (non-hydrogen) atoms. The molecule has 0 fully saturated rings. The minimum absolute atomic E-state index is 0.174. The van der Waals surface area contributed by atoms with Crippen LogP contribution in [0, 0.1) is 6.92 Å². The van der Waals surface area contributed by atoms with Crippen molar-refractivity contribution in [1.82, 2.24) is 0 Å². The molecule has 0 unspecified atom stereocenters. The summed E-state index contributed by atoms with van der Waals surface area (Å²) < 4.78 is 11.1. The quantitative estimate of drug-likeness (QED) is 0.672. The van der Waals surface area contributed by atoms with Crippen LogP contribution in [0.4, 0.5) is 5.69 Å². The first-order chi connectivity index (χ1) is 11.6. The Kier molecular flexibility index (Phi) is 4.69. The number of furan rings is 1. The number of hydrogen-bond acceptors (Lipinski definition) is 5. The first kappa shape index (κ1) is 16.3. The highest BCUT2D eigenvalue weighted by atomic mass is 16.6. The van der Waals surface area contributed by atoms with Gasteiger partial charge in [0.15, 0.2) is 0 Å². The van der Waals surface area contributed by atoms with Gasteiger partial charge in [0, 0.05) is 17.5 Å². The first-order valence-electron chi connectivity index (χ1n) is 8.27. The van der Waals surface area contributed by atoms with Crippen molar-refractivity contribution < 1.29 is 13.9 Å². The van der Waals surface area contributed by atoms with Crippen molar-refractivity contribution in [3.63, 3.8) is 0 Å². The van der Waals surface area contributed by atoms with E-state index in [1.54, 1.807) is 0 Å². The van der Waals surface area contributed by atoms with Crippen molar-refractivity contribution in [2.75, 3.05) is 5.43 Å². The van der Waals surface area contributed by atoms with Crippen LogP contribution in [-0.4, -0.2) is 17.8 Å². The second-order valence-electron chi connectivity index (χ2n) is 6.20. The molecule has 1 aliphatic carbocycles. The van der Waals surface area contributed by atoms with Crippen molar-refractivity contribution in [2.24, 2.45) is 5.10 Å². The van der Waals surface area contributed by atoms with E-state index >= 15 is 0 Å². The van der Waals surface area contributed by atoms with Crippen LogP contribution in [0.25, 0.3) is 0 Å². The molecule has 5 nitrogen and oxygen atoms in total. The Morgan fingerprint density at radius 3 is 2.71 bits per heavy atom. The zero-order chi connectivity index (χ0) is 17.1. The maximum absolute atomic E-state index is 12.2. The average molecular weight is 326 g/mol. The molecule has 1 aromatic heterocycles. The Morgan fingerprint density at radius 1 is 1.25 bits per heavy atom. The molecule has 1 N–H and O–H groups in total. The van der Waals surface area contributed by atoms with Crippen molar-refractivity contribution in [1.29, 1.82) is 0 Å². The van der Waals surface area contributed by atoms with Gasteiger partial charge in [-0.1, -0.05) is 18.2 Å². The molecule has 0 amide bonds. The summed E-state index contributed by atoms with van der Waals surface area (Å²) in [6, 6.07) is 9.79. The van der Waals surface area contributed by atoms with Gasteiger partial charge in [-0.15, -0.1) is 0 Å². The molecular weight excluding hydrogens is 304 g/mol. The molecule has 0 atom stereocenters. The second-order valence-corrected chi connectivity index (χ2v) is 6.20. The van der Waals surface area contributed by atoms with E-state index in [4.69, 9.17) is 9.15 Å². The van der Waals surface area contributed by atoms with Crippen LogP contribution in [-0.2, 0) is 11.2 Å². The van der Waals surface area contributed by atoms with Crippen molar-refractivity contribution >= 4 is 17.4 Å². The predicted octanol–water partition coefficient (Wildman–Crippen LogP) is 4.31. The van der Waals surface area contributed by atoms with Gasteiger partial charge < -0.3 is 9.15 Å². The lowest BCUT2D eigenvalue weighted by Gasteiger charge is -2.13. The Balaban J connectivity index is 1.89. The third-order valence-electron chi connectivity index (χ3n) is 3.95. The summed E-state index contributed by atoms with van der Waals surface area (Å²) in [6.07, 6.45) is 2.45. The smallest absolute Gasteiger partial charge is 0.374 e. The maximum Gasteiger partial charge on any atom is 0.374 e. The van der Waals surface area contributed by atoms with Gasteiger partial charge in [0.25, 0.3) is 0 Å².